The van der Waals surface area contributed by atoms with Crippen LogP contribution in [0.4, 0.5) is 0 Å². The molecule has 0 saturated heterocycles. The molecule has 0 aliphatic rings. The van der Waals surface area contributed by atoms with E-state index in [1.807, 2.05) is 0 Å². The highest BCUT2D eigenvalue weighted by Crippen LogP contribution is 2.23. The molecule has 0 amide bonds. The molecule has 0 fully saturated rings. The normalized spacial score (nSPS) is 12.2. The van der Waals surface area contributed by atoms with E-state index in [0.717, 1.165) is 0 Å². The maximum absolute atomic E-state index is 12.1. The SMILES string of the molecule is COC(=O)c1ccc(S(=O)(=O)N[C@@H](C)CN)cc1OC.Cl. The van der Waals surface area contributed by atoms with Crippen LogP contribution in [-0.4, -0.2) is 41.2 Å². The molecular formula is C12H19ClN2O5S. The lowest BCUT2D eigenvalue weighted by molar-refractivity contribution is 0.0597. The summed E-state index contributed by atoms with van der Waals surface area (Å²) in [6, 6.07) is 3.51. The zero-order chi connectivity index (χ0) is 15.3. The number of sulfonamides is 1. The molecule has 0 aromatic heterocycles. The lowest BCUT2D eigenvalue weighted by Gasteiger charge is -2.13. The van der Waals surface area contributed by atoms with Crippen molar-refractivity contribution < 1.29 is 22.7 Å². The molecule has 7 nitrogen and oxygen atoms in total. The lowest BCUT2D eigenvalue weighted by atomic mass is 10.2. The van der Waals surface area contributed by atoms with Crippen molar-refractivity contribution in [1.29, 1.82) is 0 Å². The Labute approximate surface area is 130 Å². The third-order valence-corrected chi connectivity index (χ3v) is 4.19. The van der Waals surface area contributed by atoms with Crippen molar-refractivity contribution in [2.45, 2.75) is 17.9 Å². The van der Waals surface area contributed by atoms with E-state index in [1.165, 1.54) is 32.4 Å². The van der Waals surface area contributed by atoms with Gasteiger partial charge in [-0.1, -0.05) is 0 Å². The van der Waals surface area contributed by atoms with Crippen LogP contribution in [0.25, 0.3) is 0 Å². The lowest BCUT2D eigenvalue weighted by Crippen LogP contribution is -2.37. The molecule has 0 saturated carbocycles. The Balaban J connectivity index is 0.00000400. The number of hydrogen-bond donors (Lipinski definition) is 2. The number of halogens is 1. The smallest absolute Gasteiger partial charge is 0.341 e. The van der Waals surface area contributed by atoms with Gasteiger partial charge in [-0.3, -0.25) is 0 Å². The summed E-state index contributed by atoms with van der Waals surface area (Å²) >= 11 is 0. The van der Waals surface area contributed by atoms with Gasteiger partial charge in [0.05, 0.1) is 19.1 Å². The van der Waals surface area contributed by atoms with Crippen molar-refractivity contribution in [3.05, 3.63) is 23.8 Å². The van der Waals surface area contributed by atoms with Gasteiger partial charge in [0.2, 0.25) is 10.0 Å². The minimum absolute atomic E-state index is 0. The Morgan fingerprint density at radius 2 is 2.00 bits per heavy atom. The third-order valence-electron chi connectivity index (χ3n) is 2.60. The first-order valence-electron chi connectivity index (χ1n) is 5.84. The van der Waals surface area contributed by atoms with E-state index < -0.39 is 22.0 Å². The van der Waals surface area contributed by atoms with Gasteiger partial charge in [-0.15, -0.1) is 12.4 Å². The van der Waals surface area contributed by atoms with Crippen LogP contribution < -0.4 is 15.2 Å². The van der Waals surface area contributed by atoms with Gasteiger partial charge in [0, 0.05) is 18.7 Å². The van der Waals surface area contributed by atoms with Crippen molar-refractivity contribution in [2.24, 2.45) is 5.73 Å². The molecule has 0 aliphatic heterocycles. The molecule has 3 N–H and O–H groups in total. The fourth-order valence-corrected chi connectivity index (χ4v) is 2.77. The first kappa shape index (κ1) is 19.7. The van der Waals surface area contributed by atoms with E-state index in [9.17, 15) is 13.2 Å². The number of esters is 1. The molecule has 0 spiro atoms. The van der Waals surface area contributed by atoms with Gasteiger partial charge >= 0.3 is 5.97 Å². The fraction of sp³-hybridized carbons (Fsp3) is 0.417. The number of hydrogen-bond acceptors (Lipinski definition) is 6. The molecule has 1 aromatic carbocycles. The van der Waals surface area contributed by atoms with Gasteiger partial charge in [-0.25, -0.2) is 17.9 Å². The second-order valence-corrected chi connectivity index (χ2v) is 5.83. The topological polar surface area (TPSA) is 108 Å². The van der Waals surface area contributed by atoms with Crippen LogP contribution in [0.1, 0.15) is 17.3 Å². The standard InChI is InChI=1S/C12H18N2O5S.ClH/c1-8(7-13)14-20(16,17)9-4-5-10(12(15)19-3)11(6-9)18-2;/h4-6,8,14H,7,13H2,1-3H3;1H/t8-;/m0./s1. The predicted molar refractivity (Wildman–Crippen MR) is 80.4 cm³/mol. The molecule has 1 rings (SSSR count). The van der Waals surface area contributed by atoms with Gasteiger partial charge < -0.3 is 15.2 Å². The van der Waals surface area contributed by atoms with E-state index in [2.05, 4.69) is 9.46 Å². The van der Waals surface area contributed by atoms with Crippen LogP contribution >= 0.6 is 12.4 Å². The second-order valence-electron chi connectivity index (χ2n) is 4.11. The summed E-state index contributed by atoms with van der Waals surface area (Å²) < 4.78 is 36.2. The number of carbonyl (C=O) groups is 1. The number of methoxy groups -OCH3 is 2. The van der Waals surface area contributed by atoms with Crippen molar-refractivity contribution in [3.63, 3.8) is 0 Å². The summed E-state index contributed by atoms with van der Waals surface area (Å²) in [7, 11) is -1.14. The molecule has 1 atom stereocenters. The van der Waals surface area contributed by atoms with E-state index in [0.29, 0.717) is 0 Å². The molecule has 0 unspecified atom stereocenters. The Bertz CT molecular complexity index is 591. The van der Waals surface area contributed by atoms with Gasteiger partial charge in [0.15, 0.2) is 0 Å². The van der Waals surface area contributed by atoms with E-state index in [4.69, 9.17) is 10.5 Å². The van der Waals surface area contributed by atoms with Crippen LogP contribution in [0.3, 0.4) is 0 Å². The quantitative estimate of drug-likeness (QED) is 0.732. The largest absolute Gasteiger partial charge is 0.496 e. The van der Waals surface area contributed by atoms with Crippen molar-refractivity contribution >= 4 is 28.4 Å². The third kappa shape index (κ3) is 4.85. The number of benzene rings is 1. The summed E-state index contributed by atoms with van der Waals surface area (Å²) in [5, 5.41) is 0. The molecule has 9 heteroatoms. The van der Waals surface area contributed by atoms with Gasteiger partial charge in [0.1, 0.15) is 11.3 Å². The molecule has 1 aromatic rings. The number of rotatable bonds is 6. The maximum atomic E-state index is 12.1. The number of nitrogens with one attached hydrogen (secondary N) is 1. The molecule has 0 heterocycles. The highest BCUT2D eigenvalue weighted by atomic mass is 35.5. The molecule has 0 aliphatic carbocycles. The highest BCUT2D eigenvalue weighted by Gasteiger charge is 2.20. The Kier molecular flexibility index (Phi) is 7.65. The zero-order valence-corrected chi connectivity index (χ0v) is 13.6. The average molecular weight is 339 g/mol. The summed E-state index contributed by atoms with van der Waals surface area (Å²) in [6.45, 7) is 1.83. The molecule has 0 radical (unpaired) electrons. The van der Waals surface area contributed by atoms with Crippen LogP contribution in [0, 0.1) is 0 Å². The number of ether oxygens (including phenoxy) is 2. The monoisotopic (exact) mass is 338 g/mol. The van der Waals surface area contributed by atoms with Gasteiger partial charge in [-0.05, 0) is 19.1 Å². The summed E-state index contributed by atoms with van der Waals surface area (Å²) in [5.41, 5.74) is 5.54. The molecular weight excluding hydrogens is 320 g/mol. The zero-order valence-electron chi connectivity index (χ0n) is 12.0. The Morgan fingerprint density at radius 3 is 2.48 bits per heavy atom. The number of carbonyl (C=O) groups excluding carboxylic acids is 1. The van der Waals surface area contributed by atoms with E-state index in [-0.39, 0.29) is 35.2 Å². The highest BCUT2D eigenvalue weighted by molar-refractivity contribution is 7.89. The van der Waals surface area contributed by atoms with E-state index >= 15 is 0 Å². The van der Waals surface area contributed by atoms with Crippen molar-refractivity contribution in [1.82, 2.24) is 4.72 Å². The minimum Gasteiger partial charge on any atom is -0.496 e. The van der Waals surface area contributed by atoms with Crippen LogP contribution in [0.2, 0.25) is 0 Å². The average Bonchev–Trinajstić information content (AvgIpc) is 2.45. The maximum Gasteiger partial charge on any atom is 0.341 e. The van der Waals surface area contributed by atoms with Gasteiger partial charge in [-0.2, -0.15) is 0 Å². The second kappa shape index (κ2) is 8.18. The first-order valence-corrected chi connectivity index (χ1v) is 7.32. The van der Waals surface area contributed by atoms with E-state index in [1.54, 1.807) is 6.92 Å². The van der Waals surface area contributed by atoms with Crippen LogP contribution in [0.5, 0.6) is 5.75 Å². The van der Waals surface area contributed by atoms with Crippen molar-refractivity contribution in [2.75, 3.05) is 20.8 Å². The predicted octanol–water partition coefficient (Wildman–Crippen LogP) is 0.529. The summed E-state index contributed by atoms with van der Waals surface area (Å²) in [6.07, 6.45) is 0. The molecule has 120 valence electrons. The molecule has 21 heavy (non-hydrogen) atoms. The number of nitrogens with two attached hydrogens (primary N) is 1. The summed E-state index contributed by atoms with van der Waals surface area (Å²) in [4.78, 5) is 11.5. The molecule has 0 bridgehead atoms. The van der Waals surface area contributed by atoms with Crippen LogP contribution in [-0.2, 0) is 14.8 Å². The minimum atomic E-state index is -3.72. The summed E-state index contributed by atoms with van der Waals surface area (Å²) in [5.74, 6) is -0.478. The Morgan fingerprint density at radius 1 is 1.38 bits per heavy atom. The van der Waals surface area contributed by atoms with Gasteiger partial charge in [0.25, 0.3) is 0 Å². The first-order chi connectivity index (χ1) is 9.35. The fourth-order valence-electron chi connectivity index (χ4n) is 1.50. The Hall–Kier alpha value is -1.35. The van der Waals surface area contributed by atoms with Crippen molar-refractivity contribution in [3.8, 4) is 5.75 Å². The van der Waals surface area contributed by atoms with Crippen LogP contribution in [0.15, 0.2) is 23.1 Å².